The Bertz CT molecular complexity index is 245. The normalized spacial score (nSPS) is 25.4. The molecule has 0 saturated heterocycles. The van der Waals surface area contributed by atoms with Gasteiger partial charge in [-0.2, -0.15) is 13.1 Å². The number of nitrogens with two attached hydrogens (primary N) is 1. The molecule has 0 aromatic rings. The molecule has 0 aromatic heterocycles. The van der Waals surface area contributed by atoms with Crippen molar-refractivity contribution in [2.24, 2.45) is 5.14 Å². The lowest BCUT2D eigenvalue weighted by Crippen LogP contribution is -2.39. The van der Waals surface area contributed by atoms with Gasteiger partial charge in [-0.15, -0.1) is 0 Å². The number of nitrogens with one attached hydrogen (secondary N) is 1. The lowest BCUT2D eigenvalue weighted by Gasteiger charge is -2.17. The summed E-state index contributed by atoms with van der Waals surface area (Å²) in [7, 11) is -3.51. The summed E-state index contributed by atoms with van der Waals surface area (Å²) in [4.78, 5) is 0. The topological polar surface area (TPSA) is 72.2 Å². The summed E-state index contributed by atoms with van der Waals surface area (Å²) in [6, 6.07) is -0.00463. The van der Waals surface area contributed by atoms with Gasteiger partial charge >= 0.3 is 0 Å². The van der Waals surface area contributed by atoms with E-state index >= 15 is 0 Å². The van der Waals surface area contributed by atoms with Gasteiger partial charge in [0.2, 0.25) is 0 Å². The summed E-state index contributed by atoms with van der Waals surface area (Å²) in [5.41, 5.74) is 0. The highest BCUT2D eigenvalue weighted by atomic mass is 32.2. The third-order valence-electron chi connectivity index (χ3n) is 1.60. The maximum atomic E-state index is 10.5. The minimum absolute atomic E-state index is 0.00463. The Hall–Kier alpha value is -0.390. The molecule has 0 radical (unpaired) electrons. The fourth-order valence-corrected chi connectivity index (χ4v) is 1.81. The summed E-state index contributed by atoms with van der Waals surface area (Å²) in [6.07, 6.45) is 6.52. The van der Waals surface area contributed by atoms with Gasteiger partial charge in [0.05, 0.1) is 0 Å². The average Bonchev–Trinajstić information content (AvgIpc) is 1.85. The van der Waals surface area contributed by atoms with Gasteiger partial charge in [0.15, 0.2) is 0 Å². The molecule has 0 heterocycles. The fourth-order valence-electron chi connectivity index (χ4n) is 1.13. The minimum atomic E-state index is -3.51. The average molecular weight is 176 g/mol. The number of allylic oxidation sites excluding steroid dienone is 1. The van der Waals surface area contributed by atoms with Gasteiger partial charge in [0.1, 0.15) is 0 Å². The van der Waals surface area contributed by atoms with Crippen molar-refractivity contribution in [3.63, 3.8) is 0 Å². The van der Waals surface area contributed by atoms with Crippen molar-refractivity contribution in [3.8, 4) is 0 Å². The van der Waals surface area contributed by atoms with Crippen LogP contribution in [-0.2, 0) is 10.2 Å². The molecule has 0 spiro atoms. The van der Waals surface area contributed by atoms with Gasteiger partial charge in [-0.1, -0.05) is 12.2 Å². The first-order valence-corrected chi connectivity index (χ1v) is 5.07. The molecule has 0 aromatic carbocycles. The SMILES string of the molecule is NS(=O)(=O)NC1CC=CCC1. The molecule has 4 nitrogen and oxygen atoms in total. The Balaban J connectivity index is 2.44. The quantitative estimate of drug-likeness (QED) is 0.576. The second-order valence-electron chi connectivity index (χ2n) is 2.64. The molecule has 1 atom stereocenters. The Morgan fingerprint density at radius 2 is 2.18 bits per heavy atom. The molecule has 1 rings (SSSR count). The third-order valence-corrected chi connectivity index (χ3v) is 2.26. The zero-order chi connectivity index (χ0) is 8.32. The molecule has 5 heteroatoms. The lowest BCUT2D eigenvalue weighted by molar-refractivity contribution is 0.523. The van der Waals surface area contributed by atoms with Gasteiger partial charge in [0.25, 0.3) is 10.2 Å². The van der Waals surface area contributed by atoms with Gasteiger partial charge in [0, 0.05) is 6.04 Å². The van der Waals surface area contributed by atoms with E-state index in [0.717, 1.165) is 19.3 Å². The molecule has 1 unspecified atom stereocenters. The first-order chi connectivity index (χ1) is 5.08. The van der Waals surface area contributed by atoms with Crippen LogP contribution in [0.25, 0.3) is 0 Å². The standard InChI is InChI=1S/C6H12N2O2S/c7-11(9,10)8-6-4-2-1-3-5-6/h1-2,6,8H,3-5H2,(H2,7,9,10). The summed E-state index contributed by atoms with van der Waals surface area (Å²) in [5, 5.41) is 4.80. The fraction of sp³-hybridized carbons (Fsp3) is 0.667. The molecule has 0 bridgehead atoms. The zero-order valence-electron chi connectivity index (χ0n) is 6.16. The highest BCUT2D eigenvalue weighted by Crippen LogP contribution is 2.10. The first kappa shape index (κ1) is 8.70. The predicted octanol–water partition coefficient (Wildman–Crippen LogP) is -0.112. The second-order valence-corrected chi connectivity index (χ2v) is 3.97. The smallest absolute Gasteiger partial charge is 0.216 e. The minimum Gasteiger partial charge on any atom is -0.216 e. The molecule has 11 heavy (non-hydrogen) atoms. The molecule has 64 valence electrons. The Morgan fingerprint density at radius 3 is 2.64 bits per heavy atom. The Kier molecular flexibility index (Phi) is 2.64. The van der Waals surface area contributed by atoms with E-state index in [-0.39, 0.29) is 6.04 Å². The highest BCUT2D eigenvalue weighted by Gasteiger charge is 2.13. The van der Waals surface area contributed by atoms with Crippen LogP contribution in [0, 0.1) is 0 Å². The van der Waals surface area contributed by atoms with E-state index < -0.39 is 10.2 Å². The molecule has 1 aliphatic rings. The van der Waals surface area contributed by atoms with E-state index in [2.05, 4.69) is 4.72 Å². The summed E-state index contributed by atoms with van der Waals surface area (Å²) in [5.74, 6) is 0. The molecule has 0 saturated carbocycles. The molecular weight excluding hydrogens is 164 g/mol. The van der Waals surface area contributed by atoms with E-state index in [4.69, 9.17) is 5.14 Å². The number of rotatable bonds is 2. The number of hydrogen-bond donors (Lipinski definition) is 2. The van der Waals surface area contributed by atoms with Crippen LogP contribution >= 0.6 is 0 Å². The number of hydrogen-bond acceptors (Lipinski definition) is 2. The predicted molar refractivity (Wildman–Crippen MR) is 43.0 cm³/mol. The Labute approximate surface area is 66.7 Å². The molecule has 0 aliphatic heterocycles. The van der Waals surface area contributed by atoms with Crippen LogP contribution in [0.3, 0.4) is 0 Å². The van der Waals surface area contributed by atoms with Crippen molar-refractivity contribution in [1.29, 1.82) is 0 Å². The maximum absolute atomic E-state index is 10.5. The van der Waals surface area contributed by atoms with Crippen molar-refractivity contribution < 1.29 is 8.42 Å². The van der Waals surface area contributed by atoms with E-state index in [1.165, 1.54) is 0 Å². The first-order valence-electron chi connectivity index (χ1n) is 3.53. The van der Waals surface area contributed by atoms with Crippen molar-refractivity contribution in [3.05, 3.63) is 12.2 Å². The highest BCUT2D eigenvalue weighted by molar-refractivity contribution is 7.87. The van der Waals surface area contributed by atoms with E-state index in [1.807, 2.05) is 12.2 Å². The van der Waals surface area contributed by atoms with Crippen LogP contribution in [-0.4, -0.2) is 14.5 Å². The van der Waals surface area contributed by atoms with E-state index in [1.54, 1.807) is 0 Å². The van der Waals surface area contributed by atoms with Crippen LogP contribution < -0.4 is 9.86 Å². The zero-order valence-corrected chi connectivity index (χ0v) is 6.97. The van der Waals surface area contributed by atoms with Crippen LogP contribution in [0.1, 0.15) is 19.3 Å². The second kappa shape index (κ2) is 3.34. The van der Waals surface area contributed by atoms with Gasteiger partial charge in [-0.25, -0.2) is 5.14 Å². The molecule has 3 N–H and O–H groups in total. The Morgan fingerprint density at radius 1 is 1.45 bits per heavy atom. The molecule has 0 fully saturated rings. The van der Waals surface area contributed by atoms with Gasteiger partial charge in [-0.05, 0) is 19.3 Å². The van der Waals surface area contributed by atoms with Gasteiger partial charge in [-0.3, -0.25) is 0 Å². The monoisotopic (exact) mass is 176 g/mol. The molecule has 0 amide bonds. The van der Waals surface area contributed by atoms with Gasteiger partial charge < -0.3 is 0 Å². The summed E-state index contributed by atoms with van der Waals surface area (Å²) in [6.45, 7) is 0. The maximum Gasteiger partial charge on any atom is 0.274 e. The van der Waals surface area contributed by atoms with Crippen molar-refractivity contribution in [2.75, 3.05) is 0 Å². The van der Waals surface area contributed by atoms with E-state index in [9.17, 15) is 8.42 Å². The van der Waals surface area contributed by atoms with Crippen molar-refractivity contribution in [2.45, 2.75) is 25.3 Å². The largest absolute Gasteiger partial charge is 0.274 e. The summed E-state index contributed by atoms with van der Waals surface area (Å²) >= 11 is 0. The van der Waals surface area contributed by atoms with Crippen LogP contribution in [0.15, 0.2) is 12.2 Å². The van der Waals surface area contributed by atoms with Crippen LogP contribution in [0.4, 0.5) is 0 Å². The van der Waals surface area contributed by atoms with Crippen molar-refractivity contribution in [1.82, 2.24) is 4.72 Å². The molecule has 1 aliphatic carbocycles. The van der Waals surface area contributed by atoms with E-state index in [0.29, 0.717) is 0 Å². The summed E-state index contributed by atoms with van der Waals surface area (Å²) < 4.78 is 23.4. The van der Waals surface area contributed by atoms with Crippen molar-refractivity contribution >= 4 is 10.2 Å². The molecular formula is C6H12N2O2S. The lowest BCUT2D eigenvalue weighted by atomic mass is 10.0. The van der Waals surface area contributed by atoms with Crippen LogP contribution in [0.2, 0.25) is 0 Å². The third kappa shape index (κ3) is 3.50. The van der Waals surface area contributed by atoms with Crippen LogP contribution in [0.5, 0.6) is 0 Å².